The van der Waals surface area contributed by atoms with Crippen LogP contribution < -0.4 is 4.90 Å². The number of rotatable bonds is 5. The third-order valence-corrected chi connectivity index (χ3v) is 5.11. The minimum atomic E-state index is -0.240. The van der Waals surface area contributed by atoms with Crippen LogP contribution in [-0.2, 0) is 6.54 Å². The van der Waals surface area contributed by atoms with Crippen molar-refractivity contribution in [3.63, 3.8) is 0 Å². The quantitative estimate of drug-likeness (QED) is 0.834. The van der Waals surface area contributed by atoms with Crippen LogP contribution in [0.2, 0.25) is 0 Å². The molecule has 2 aromatic rings. The molecule has 0 bridgehead atoms. The van der Waals surface area contributed by atoms with Crippen molar-refractivity contribution in [2.75, 3.05) is 32.1 Å². The SMILES string of the molecule is CN(C)Cc1nnc(C2CCN(c3ccncc3F)CC2)n1C1CC1. The minimum Gasteiger partial charge on any atom is -0.369 e. The van der Waals surface area contributed by atoms with E-state index in [0.29, 0.717) is 17.6 Å². The van der Waals surface area contributed by atoms with Crippen LogP contribution in [-0.4, -0.2) is 51.8 Å². The van der Waals surface area contributed by atoms with Crippen LogP contribution in [0.1, 0.15) is 49.3 Å². The van der Waals surface area contributed by atoms with Crippen LogP contribution in [0, 0.1) is 5.82 Å². The zero-order chi connectivity index (χ0) is 17.4. The second kappa shape index (κ2) is 6.71. The first-order valence-corrected chi connectivity index (χ1v) is 9.06. The van der Waals surface area contributed by atoms with Crippen LogP contribution in [0.15, 0.2) is 18.5 Å². The minimum absolute atomic E-state index is 0.240. The highest BCUT2D eigenvalue weighted by molar-refractivity contribution is 5.46. The average molecular weight is 344 g/mol. The van der Waals surface area contributed by atoms with Crippen molar-refractivity contribution in [1.82, 2.24) is 24.6 Å². The molecule has 2 aromatic heterocycles. The van der Waals surface area contributed by atoms with Crippen molar-refractivity contribution in [1.29, 1.82) is 0 Å². The molecule has 0 radical (unpaired) electrons. The summed E-state index contributed by atoms with van der Waals surface area (Å²) in [5, 5.41) is 9.03. The highest BCUT2D eigenvalue weighted by Crippen LogP contribution is 2.40. The third kappa shape index (κ3) is 3.38. The molecule has 0 aromatic carbocycles. The molecule has 7 heteroatoms. The molecule has 1 saturated heterocycles. The van der Waals surface area contributed by atoms with Gasteiger partial charge in [-0.25, -0.2) is 4.39 Å². The van der Waals surface area contributed by atoms with Gasteiger partial charge in [0.1, 0.15) is 11.6 Å². The topological polar surface area (TPSA) is 50.1 Å². The van der Waals surface area contributed by atoms with Crippen molar-refractivity contribution >= 4 is 5.69 Å². The predicted octanol–water partition coefficient (Wildman–Crippen LogP) is 2.59. The number of pyridine rings is 1. The first-order valence-electron chi connectivity index (χ1n) is 9.06. The molecular weight excluding hydrogens is 319 g/mol. The molecule has 134 valence electrons. The van der Waals surface area contributed by atoms with Crippen molar-refractivity contribution in [3.8, 4) is 0 Å². The van der Waals surface area contributed by atoms with Gasteiger partial charge in [0.25, 0.3) is 0 Å². The molecule has 1 saturated carbocycles. The Morgan fingerprint density at radius 2 is 1.92 bits per heavy atom. The number of hydrogen-bond acceptors (Lipinski definition) is 5. The molecule has 1 aliphatic heterocycles. The van der Waals surface area contributed by atoms with Crippen LogP contribution >= 0.6 is 0 Å². The first kappa shape index (κ1) is 16.4. The maximum atomic E-state index is 14.0. The fourth-order valence-electron chi connectivity index (χ4n) is 3.74. The molecule has 2 fully saturated rings. The van der Waals surface area contributed by atoms with E-state index in [9.17, 15) is 4.39 Å². The summed E-state index contributed by atoms with van der Waals surface area (Å²) >= 11 is 0. The Balaban J connectivity index is 1.49. The van der Waals surface area contributed by atoms with Gasteiger partial charge in [-0.2, -0.15) is 0 Å². The van der Waals surface area contributed by atoms with Crippen LogP contribution in [0.4, 0.5) is 10.1 Å². The smallest absolute Gasteiger partial charge is 0.164 e. The zero-order valence-corrected chi connectivity index (χ0v) is 14.9. The molecule has 3 heterocycles. The van der Waals surface area contributed by atoms with Gasteiger partial charge in [-0.3, -0.25) is 4.98 Å². The van der Waals surface area contributed by atoms with Crippen LogP contribution in [0.25, 0.3) is 0 Å². The summed E-state index contributed by atoms with van der Waals surface area (Å²) in [7, 11) is 4.13. The molecule has 0 spiro atoms. The second-order valence-electron chi connectivity index (χ2n) is 7.40. The summed E-state index contributed by atoms with van der Waals surface area (Å²) in [5.41, 5.74) is 0.658. The van der Waals surface area contributed by atoms with Gasteiger partial charge in [0.05, 0.1) is 18.4 Å². The van der Waals surface area contributed by atoms with Crippen molar-refractivity contribution < 1.29 is 4.39 Å². The van der Waals surface area contributed by atoms with E-state index in [4.69, 9.17) is 0 Å². The van der Waals surface area contributed by atoms with Gasteiger partial charge in [0, 0.05) is 31.2 Å². The van der Waals surface area contributed by atoms with Crippen LogP contribution in [0.5, 0.6) is 0 Å². The number of aromatic nitrogens is 4. The summed E-state index contributed by atoms with van der Waals surface area (Å²) < 4.78 is 16.3. The van der Waals surface area contributed by atoms with Gasteiger partial charge in [0.2, 0.25) is 0 Å². The van der Waals surface area contributed by atoms with E-state index < -0.39 is 0 Å². The largest absolute Gasteiger partial charge is 0.369 e. The van der Waals surface area contributed by atoms with E-state index in [1.54, 1.807) is 12.3 Å². The van der Waals surface area contributed by atoms with E-state index in [1.165, 1.54) is 19.0 Å². The number of halogens is 1. The molecule has 1 aliphatic carbocycles. The zero-order valence-electron chi connectivity index (χ0n) is 14.9. The van der Waals surface area contributed by atoms with Gasteiger partial charge >= 0.3 is 0 Å². The van der Waals surface area contributed by atoms with Crippen molar-refractivity contribution in [3.05, 3.63) is 35.9 Å². The summed E-state index contributed by atoms with van der Waals surface area (Å²) in [4.78, 5) is 8.10. The van der Waals surface area contributed by atoms with Crippen LogP contribution in [0.3, 0.4) is 0 Å². The average Bonchev–Trinajstić information content (AvgIpc) is 3.36. The number of anilines is 1. The molecular formula is C18H25FN6. The Kier molecular flexibility index (Phi) is 4.41. The molecule has 25 heavy (non-hydrogen) atoms. The number of piperidine rings is 1. The van der Waals surface area contributed by atoms with E-state index in [-0.39, 0.29) is 5.82 Å². The van der Waals surface area contributed by atoms with E-state index in [2.05, 4.69) is 43.6 Å². The fraction of sp³-hybridized carbons (Fsp3) is 0.611. The van der Waals surface area contributed by atoms with E-state index in [0.717, 1.165) is 44.1 Å². The van der Waals surface area contributed by atoms with Gasteiger partial charge in [0.15, 0.2) is 5.82 Å². The highest BCUT2D eigenvalue weighted by atomic mass is 19.1. The lowest BCUT2D eigenvalue weighted by Gasteiger charge is -2.33. The van der Waals surface area contributed by atoms with Gasteiger partial charge in [-0.05, 0) is 45.8 Å². The Bertz CT molecular complexity index is 731. The highest BCUT2D eigenvalue weighted by Gasteiger charge is 2.33. The molecule has 0 amide bonds. The maximum Gasteiger partial charge on any atom is 0.164 e. The Labute approximate surface area is 147 Å². The number of hydrogen-bond donors (Lipinski definition) is 0. The Morgan fingerprint density at radius 1 is 1.16 bits per heavy atom. The number of nitrogens with zero attached hydrogens (tertiary/aromatic N) is 6. The summed E-state index contributed by atoms with van der Waals surface area (Å²) in [6.07, 6.45) is 7.36. The first-order chi connectivity index (χ1) is 12.1. The monoisotopic (exact) mass is 344 g/mol. The lowest BCUT2D eigenvalue weighted by Crippen LogP contribution is -2.34. The second-order valence-corrected chi connectivity index (χ2v) is 7.40. The lowest BCUT2D eigenvalue weighted by atomic mass is 9.95. The Hall–Kier alpha value is -2.02. The summed E-state index contributed by atoms with van der Waals surface area (Å²) in [6.45, 7) is 2.50. The third-order valence-electron chi connectivity index (χ3n) is 5.11. The van der Waals surface area contributed by atoms with E-state index in [1.807, 2.05) is 0 Å². The maximum absolute atomic E-state index is 14.0. The predicted molar refractivity (Wildman–Crippen MR) is 94.1 cm³/mol. The Morgan fingerprint density at radius 3 is 2.56 bits per heavy atom. The van der Waals surface area contributed by atoms with Crippen molar-refractivity contribution in [2.45, 2.75) is 44.2 Å². The molecule has 0 N–H and O–H groups in total. The molecule has 0 unspecified atom stereocenters. The van der Waals surface area contributed by atoms with Gasteiger partial charge in [-0.1, -0.05) is 0 Å². The summed E-state index contributed by atoms with van der Waals surface area (Å²) in [6, 6.07) is 2.34. The van der Waals surface area contributed by atoms with E-state index >= 15 is 0 Å². The fourth-order valence-corrected chi connectivity index (χ4v) is 3.74. The standard InChI is InChI=1S/C18H25FN6/c1-23(2)12-17-21-22-18(25(17)14-3-4-14)13-6-9-24(10-7-13)16-5-8-20-11-15(16)19/h5,8,11,13-14H,3-4,6-7,9-10,12H2,1-2H3. The normalized spacial score (nSPS) is 19.0. The molecule has 0 atom stereocenters. The molecule has 6 nitrogen and oxygen atoms in total. The van der Waals surface area contributed by atoms with Crippen molar-refractivity contribution in [2.24, 2.45) is 0 Å². The van der Waals surface area contributed by atoms with Gasteiger partial charge < -0.3 is 14.4 Å². The lowest BCUT2D eigenvalue weighted by molar-refractivity contribution is 0.376. The van der Waals surface area contributed by atoms with Gasteiger partial charge in [-0.15, -0.1) is 10.2 Å². The summed E-state index contributed by atoms with van der Waals surface area (Å²) in [5.74, 6) is 2.37. The molecule has 4 rings (SSSR count). The molecule has 2 aliphatic rings.